The molecule has 0 unspecified atom stereocenters. The largest absolute Gasteiger partial charge is 0.457 e. The van der Waals surface area contributed by atoms with Crippen LogP contribution in [0.15, 0.2) is 54.9 Å². The average molecular weight is 328 g/mol. The molecule has 0 spiro atoms. The van der Waals surface area contributed by atoms with E-state index in [0.29, 0.717) is 11.8 Å². The predicted octanol–water partition coefficient (Wildman–Crippen LogP) is 4.28. The lowest BCUT2D eigenvalue weighted by Crippen LogP contribution is -1.98. The number of rotatable bonds is 5. The van der Waals surface area contributed by atoms with Gasteiger partial charge in [-0.25, -0.2) is 4.98 Å². The van der Waals surface area contributed by atoms with E-state index in [1.54, 1.807) is 18.5 Å². The molecule has 1 aromatic carbocycles. The molecule has 0 aliphatic heterocycles. The Bertz CT molecular complexity index is 794. The topological polar surface area (TPSA) is 72.0 Å². The van der Waals surface area contributed by atoms with Gasteiger partial charge in [-0.15, -0.1) is 0 Å². The molecular weight excluding hydrogens is 314 g/mol. The van der Waals surface area contributed by atoms with Crippen LogP contribution in [0, 0.1) is 6.92 Å². The molecule has 6 nitrogen and oxygen atoms in total. The summed E-state index contributed by atoms with van der Waals surface area (Å²) in [7, 11) is 0. The standard InChI is InChI=1S/C16H14ClN5O/c1-11-10-14(6-8-18-11)23-13-4-2-12(3-5-13)20-16-19-9-7-15(21-16)22-17/h2-10H,1H3,(H2,19,20,21,22). The van der Waals surface area contributed by atoms with Crippen LogP contribution in [0.1, 0.15) is 5.69 Å². The lowest BCUT2D eigenvalue weighted by Gasteiger charge is -2.08. The van der Waals surface area contributed by atoms with Gasteiger partial charge in [0.15, 0.2) is 0 Å². The zero-order valence-corrected chi connectivity index (χ0v) is 13.1. The number of ether oxygens (including phenoxy) is 1. The van der Waals surface area contributed by atoms with Crippen molar-refractivity contribution in [2.24, 2.45) is 0 Å². The summed E-state index contributed by atoms with van der Waals surface area (Å²) in [4.78, 5) is 14.9. The SMILES string of the molecule is Cc1cc(Oc2ccc(Nc3nccc(NCl)n3)cc2)ccn1. The van der Waals surface area contributed by atoms with E-state index in [-0.39, 0.29) is 0 Å². The average Bonchev–Trinajstić information content (AvgIpc) is 2.57. The van der Waals surface area contributed by atoms with E-state index in [4.69, 9.17) is 16.5 Å². The highest BCUT2D eigenvalue weighted by atomic mass is 35.5. The molecule has 0 atom stereocenters. The third kappa shape index (κ3) is 4.08. The highest BCUT2D eigenvalue weighted by molar-refractivity contribution is 6.23. The van der Waals surface area contributed by atoms with E-state index >= 15 is 0 Å². The fraction of sp³-hybridized carbons (Fsp3) is 0.0625. The van der Waals surface area contributed by atoms with Crippen LogP contribution in [0.25, 0.3) is 0 Å². The van der Waals surface area contributed by atoms with Crippen molar-refractivity contribution in [2.45, 2.75) is 6.92 Å². The number of hydrogen-bond acceptors (Lipinski definition) is 6. The first-order chi connectivity index (χ1) is 11.2. The summed E-state index contributed by atoms with van der Waals surface area (Å²) in [5, 5.41) is 3.09. The Labute approximate surface area is 138 Å². The summed E-state index contributed by atoms with van der Waals surface area (Å²) in [6.45, 7) is 1.92. The molecule has 116 valence electrons. The monoisotopic (exact) mass is 327 g/mol. The number of benzene rings is 1. The molecule has 0 amide bonds. The number of aryl methyl sites for hydroxylation is 1. The van der Waals surface area contributed by atoms with Gasteiger partial charge in [-0.1, -0.05) is 0 Å². The summed E-state index contributed by atoms with van der Waals surface area (Å²) in [5.74, 6) is 2.46. The Morgan fingerprint density at radius 1 is 0.957 bits per heavy atom. The maximum absolute atomic E-state index is 5.77. The second-order valence-corrected chi connectivity index (χ2v) is 4.93. The second kappa shape index (κ2) is 6.93. The van der Waals surface area contributed by atoms with E-state index in [1.165, 1.54) is 0 Å². The van der Waals surface area contributed by atoms with Gasteiger partial charge in [0.2, 0.25) is 5.95 Å². The summed E-state index contributed by atoms with van der Waals surface area (Å²) < 4.78 is 5.77. The van der Waals surface area contributed by atoms with Crippen LogP contribution in [-0.4, -0.2) is 15.0 Å². The summed E-state index contributed by atoms with van der Waals surface area (Å²) in [5.41, 5.74) is 1.75. The van der Waals surface area contributed by atoms with Gasteiger partial charge >= 0.3 is 0 Å². The Morgan fingerprint density at radius 3 is 2.48 bits per heavy atom. The molecule has 3 aromatic rings. The Kier molecular flexibility index (Phi) is 4.54. The van der Waals surface area contributed by atoms with Crippen molar-refractivity contribution in [1.82, 2.24) is 15.0 Å². The van der Waals surface area contributed by atoms with Gasteiger partial charge in [0.05, 0.1) is 0 Å². The minimum absolute atomic E-state index is 0.453. The molecule has 2 heterocycles. The Morgan fingerprint density at radius 2 is 1.74 bits per heavy atom. The lowest BCUT2D eigenvalue weighted by atomic mass is 10.3. The van der Waals surface area contributed by atoms with Crippen molar-refractivity contribution in [3.05, 3.63) is 60.6 Å². The molecule has 0 aliphatic rings. The van der Waals surface area contributed by atoms with E-state index in [1.807, 2.05) is 43.3 Å². The van der Waals surface area contributed by atoms with Gasteiger partial charge in [0, 0.05) is 47.7 Å². The van der Waals surface area contributed by atoms with Crippen LogP contribution in [0.5, 0.6) is 11.5 Å². The Hall–Kier alpha value is -2.86. The van der Waals surface area contributed by atoms with Crippen molar-refractivity contribution in [3.8, 4) is 11.5 Å². The molecule has 7 heteroatoms. The molecule has 0 saturated heterocycles. The van der Waals surface area contributed by atoms with Gasteiger partial charge in [-0.3, -0.25) is 9.82 Å². The zero-order chi connectivity index (χ0) is 16.1. The minimum Gasteiger partial charge on any atom is -0.457 e. The van der Waals surface area contributed by atoms with Gasteiger partial charge < -0.3 is 10.1 Å². The quantitative estimate of drug-likeness (QED) is 0.681. The van der Waals surface area contributed by atoms with Crippen LogP contribution in [0.3, 0.4) is 0 Å². The zero-order valence-electron chi connectivity index (χ0n) is 12.3. The Balaban J connectivity index is 1.69. The fourth-order valence-electron chi connectivity index (χ4n) is 1.93. The van der Waals surface area contributed by atoms with Gasteiger partial charge in [0.1, 0.15) is 17.3 Å². The van der Waals surface area contributed by atoms with Gasteiger partial charge in [-0.05, 0) is 37.3 Å². The number of halogens is 1. The number of nitrogens with one attached hydrogen (secondary N) is 2. The molecule has 0 aliphatic carbocycles. The number of anilines is 3. The lowest BCUT2D eigenvalue weighted by molar-refractivity contribution is 0.481. The molecule has 0 fully saturated rings. The molecule has 2 N–H and O–H groups in total. The van der Waals surface area contributed by atoms with Crippen molar-refractivity contribution in [3.63, 3.8) is 0 Å². The van der Waals surface area contributed by atoms with Crippen molar-refractivity contribution < 1.29 is 4.74 Å². The maximum atomic E-state index is 5.77. The van der Waals surface area contributed by atoms with E-state index in [9.17, 15) is 0 Å². The van der Waals surface area contributed by atoms with Gasteiger partial charge in [-0.2, -0.15) is 4.98 Å². The third-order valence-corrected chi connectivity index (χ3v) is 3.16. The smallest absolute Gasteiger partial charge is 0.229 e. The first-order valence-electron chi connectivity index (χ1n) is 6.90. The fourth-order valence-corrected chi connectivity index (χ4v) is 2.03. The van der Waals surface area contributed by atoms with Gasteiger partial charge in [0.25, 0.3) is 0 Å². The van der Waals surface area contributed by atoms with Crippen molar-refractivity contribution in [2.75, 3.05) is 10.2 Å². The van der Waals surface area contributed by atoms with E-state index < -0.39 is 0 Å². The highest BCUT2D eigenvalue weighted by Crippen LogP contribution is 2.24. The molecule has 0 saturated carbocycles. The van der Waals surface area contributed by atoms with Crippen LogP contribution in [0.4, 0.5) is 17.5 Å². The molecule has 3 rings (SSSR count). The molecule has 0 radical (unpaired) electrons. The number of hydrogen-bond donors (Lipinski definition) is 2. The van der Waals surface area contributed by atoms with E-state index in [2.05, 4.69) is 25.1 Å². The summed E-state index contributed by atoms with van der Waals surface area (Å²) >= 11 is 5.52. The highest BCUT2D eigenvalue weighted by Gasteiger charge is 2.02. The summed E-state index contributed by atoms with van der Waals surface area (Å²) in [6.07, 6.45) is 3.33. The van der Waals surface area contributed by atoms with Crippen LogP contribution in [-0.2, 0) is 0 Å². The molecule has 23 heavy (non-hydrogen) atoms. The second-order valence-electron chi connectivity index (χ2n) is 4.74. The number of aromatic nitrogens is 3. The molecule has 0 bridgehead atoms. The normalized spacial score (nSPS) is 10.2. The van der Waals surface area contributed by atoms with Crippen molar-refractivity contribution in [1.29, 1.82) is 0 Å². The van der Waals surface area contributed by atoms with Crippen molar-refractivity contribution >= 4 is 29.2 Å². The van der Waals surface area contributed by atoms with Crippen LogP contribution >= 0.6 is 11.8 Å². The number of pyridine rings is 1. The first-order valence-corrected chi connectivity index (χ1v) is 7.28. The summed E-state index contributed by atoms with van der Waals surface area (Å²) in [6, 6.07) is 12.9. The van der Waals surface area contributed by atoms with Crippen LogP contribution < -0.4 is 14.9 Å². The van der Waals surface area contributed by atoms with Crippen LogP contribution in [0.2, 0.25) is 0 Å². The number of nitrogens with zero attached hydrogens (tertiary/aromatic N) is 3. The first kappa shape index (κ1) is 15.1. The van der Waals surface area contributed by atoms with E-state index in [0.717, 1.165) is 22.9 Å². The minimum atomic E-state index is 0.453. The third-order valence-electron chi connectivity index (χ3n) is 2.97. The maximum Gasteiger partial charge on any atom is 0.229 e. The molecular formula is C16H14ClN5O. The molecule has 2 aromatic heterocycles. The predicted molar refractivity (Wildman–Crippen MR) is 90.3 cm³/mol.